The molecule has 0 aromatic rings. The summed E-state index contributed by atoms with van der Waals surface area (Å²) in [6.07, 6.45) is 0. The Kier molecular flexibility index (Phi) is 21.5. The van der Waals surface area contributed by atoms with Crippen molar-refractivity contribution in [3.8, 4) is 0 Å². The van der Waals surface area contributed by atoms with Gasteiger partial charge in [-0.2, -0.15) is 0 Å². The van der Waals surface area contributed by atoms with Gasteiger partial charge in [0.25, 0.3) is 0 Å². The molecular formula is H6AlBO8Si. The van der Waals surface area contributed by atoms with Gasteiger partial charge in [0.2, 0.25) is 0 Å². The van der Waals surface area contributed by atoms with Crippen LogP contribution in [-0.4, -0.2) is 63.4 Å². The molecule has 0 saturated carbocycles. The summed E-state index contributed by atoms with van der Waals surface area (Å²) in [5.41, 5.74) is 0. The van der Waals surface area contributed by atoms with Crippen LogP contribution in [0.2, 0.25) is 0 Å². The van der Waals surface area contributed by atoms with Crippen LogP contribution in [0.4, 0.5) is 0 Å². The first kappa shape index (κ1) is 22.5. The van der Waals surface area contributed by atoms with E-state index in [0.717, 1.165) is 0 Å². The molecule has 0 fully saturated rings. The molecule has 11 heteroatoms. The summed E-state index contributed by atoms with van der Waals surface area (Å²) < 4.78 is 0. The molecule has 64 valence electrons. The topological polar surface area (TPSA) is 177 Å². The van der Waals surface area contributed by atoms with Crippen molar-refractivity contribution >= 4 is 33.7 Å². The van der Waals surface area contributed by atoms with Gasteiger partial charge in [-0.25, -0.2) is 0 Å². The van der Waals surface area contributed by atoms with Crippen molar-refractivity contribution in [2.24, 2.45) is 0 Å². The molecule has 0 heterocycles. The Morgan fingerprint density at radius 1 is 1.00 bits per heavy atom. The molecule has 0 radical (unpaired) electrons. The zero-order valence-corrected chi connectivity index (χ0v) is 7.31. The summed E-state index contributed by atoms with van der Waals surface area (Å²) in [6, 6.07) is 0. The van der Waals surface area contributed by atoms with Crippen LogP contribution in [0.1, 0.15) is 0 Å². The molecule has 0 aromatic heterocycles. The number of rotatable bonds is 0. The molecule has 0 saturated heterocycles. The number of hydrogen-bond acceptors (Lipinski definition) is 8. The maximum absolute atomic E-state index is 8.53. The van der Waals surface area contributed by atoms with Crippen molar-refractivity contribution in [1.82, 2.24) is 0 Å². The molecule has 0 aliphatic rings. The van der Waals surface area contributed by atoms with Crippen LogP contribution in [0.5, 0.6) is 0 Å². The van der Waals surface area contributed by atoms with E-state index >= 15 is 0 Å². The van der Waals surface area contributed by atoms with Gasteiger partial charge in [0.05, 0.1) is 7.32 Å². The fourth-order valence-corrected chi connectivity index (χ4v) is 0. The van der Waals surface area contributed by atoms with E-state index in [0.29, 0.717) is 0 Å². The van der Waals surface area contributed by atoms with Crippen LogP contribution in [0, 0.1) is 0 Å². The number of hydrogen-bond donors (Lipinski definition) is 5. The van der Waals surface area contributed by atoms with Crippen molar-refractivity contribution in [2.45, 2.75) is 0 Å². The van der Waals surface area contributed by atoms with E-state index in [1.54, 1.807) is 0 Å². The second-order valence-corrected chi connectivity index (χ2v) is 2.11. The quantitative estimate of drug-likeness (QED) is 0.239. The summed E-state index contributed by atoms with van der Waals surface area (Å²) in [5, 5.41) is 24.0. The average Bonchev–Trinajstić information content (AvgIpc) is 1.19. The predicted molar refractivity (Wildman–Crippen MR) is 30.3 cm³/mol. The van der Waals surface area contributed by atoms with Crippen LogP contribution < -0.4 is 10.0 Å². The van der Waals surface area contributed by atoms with Crippen LogP contribution in [-0.2, 0) is 0 Å². The third-order valence-electron chi connectivity index (χ3n) is 0. The summed E-state index contributed by atoms with van der Waals surface area (Å²) in [4.78, 5) is 29.3. The average molecular weight is 200 g/mol. The zero-order valence-electron chi connectivity index (χ0n) is 5.15. The smallest absolute Gasteiger partial charge is 0.871 e. The van der Waals surface area contributed by atoms with Gasteiger partial charge in [-0.15, -0.1) is 0 Å². The second-order valence-electron chi connectivity index (χ2n) is 0.907. The van der Waals surface area contributed by atoms with Gasteiger partial charge in [-0.05, 0) is 0 Å². The summed E-state index contributed by atoms with van der Waals surface area (Å²) in [5.74, 6) is 0. The molecular weight excluding hydrogens is 194 g/mol. The molecule has 0 bridgehead atoms. The van der Waals surface area contributed by atoms with Crippen molar-refractivity contribution in [1.29, 1.82) is 0 Å². The summed E-state index contributed by atoms with van der Waals surface area (Å²) >= 11 is 0. The molecule has 0 aliphatic carbocycles. The van der Waals surface area contributed by atoms with Gasteiger partial charge in [-0.1, -0.05) is 0 Å². The molecule has 0 spiro atoms. The minimum atomic E-state index is -4.61. The maximum atomic E-state index is 8.53. The van der Waals surface area contributed by atoms with Gasteiger partial charge < -0.3 is 39.7 Å². The van der Waals surface area contributed by atoms with E-state index in [2.05, 4.69) is 0 Å². The van der Waals surface area contributed by atoms with Crippen LogP contribution in [0.3, 0.4) is 0 Å². The minimum absolute atomic E-state index is 0. The van der Waals surface area contributed by atoms with E-state index in [9.17, 15) is 0 Å². The van der Waals surface area contributed by atoms with Crippen molar-refractivity contribution in [3.05, 3.63) is 0 Å². The van der Waals surface area contributed by atoms with Crippen molar-refractivity contribution < 1.29 is 39.7 Å². The SMILES string of the molecule is O[Si](O)(O)O.[Al+3].[O-]B([O-])O.[OH-]. The predicted octanol–water partition coefficient (Wildman–Crippen LogP) is -6.48. The summed E-state index contributed by atoms with van der Waals surface area (Å²) in [6.45, 7) is 0. The van der Waals surface area contributed by atoms with Crippen LogP contribution in [0.15, 0.2) is 0 Å². The largest absolute Gasteiger partial charge is 3.00 e. The third-order valence-corrected chi connectivity index (χ3v) is 0. The van der Waals surface area contributed by atoms with Gasteiger partial charge >= 0.3 is 26.4 Å². The Labute approximate surface area is 74.1 Å². The first-order chi connectivity index (χ1) is 3.73. The van der Waals surface area contributed by atoms with E-state index in [4.69, 9.17) is 34.3 Å². The fraction of sp³-hybridized carbons (Fsp3) is 0. The van der Waals surface area contributed by atoms with Crippen molar-refractivity contribution in [2.75, 3.05) is 0 Å². The van der Waals surface area contributed by atoms with E-state index in [1.807, 2.05) is 0 Å². The van der Waals surface area contributed by atoms with Crippen LogP contribution in [0.25, 0.3) is 0 Å². The molecule has 6 N–H and O–H groups in total. The molecule has 0 amide bonds. The summed E-state index contributed by atoms with van der Waals surface area (Å²) in [7, 11) is -7.28. The minimum Gasteiger partial charge on any atom is -0.871 e. The van der Waals surface area contributed by atoms with Crippen molar-refractivity contribution in [3.63, 3.8) is 0 Å². The van der Waals surface area contributed by atoms with Gasteiger partial charge in [-0.3, -0.25) is 0 Å². The zero-order chi connectivity index (χ0) is 8.08. The molecule has 0 atom stereocenters. The molecule has 11 heavy (non-hydrogen) atoms. The van der Waals surface area contributed by atoms with Gasteiger partial charge in [0, 0.05) is 0 Å². The molecule has 8 nitrogen and oxygen atoms in total. The Bertz CT molecular complexity index is 50.8. The first-order valence-electron chi connectivity index (χ1n) is 1.62. The Morgan fingerprint density at radius 3 is 1.00 bits per heavy atom. The van der Waals surface area contributed by atoms with E-state index < -0.39 is 16.4 Å². The van der Waals surface area contributed by atoms with E-state index in [-0.39, 0.29) is 22.8 Å². The molecule has 0 unspecified atom stereocenters. The molecule has 0 aliphatic heterocycles. The normalized spacial score (nSPS) is 7.91. The second kappa shape index (κ2) is 10.5. The Morgan fingerprint density at radius 2 is 1.00 bits per heavy atom. The molecule has 0 rings (SSSR count). The van der Waals surface area contributed by atoms with Gasteiger partial charge in [0.15, 0.2) is 0 Å². The maximum Gasteiger partial charge on any atom is 3.00 e. The monoisotopic (exact) mass is 200 g/mol. The van der Waals surface area contributed by atoms with Gasteiger partial charge in [0.1, 0.15) is 0 Å². The molecule has 0 aromatic carbocycles. The Hall–Kier alpha value is 0.494. The fourth-order valence-electron chi connectivity index (χ4n) is 0. The standard InChI is InChI=1S/Al.BHO3.H4O4Si.H2O/c;2-1(3)4;1-5(2,3)4;/h;2H;1-4H;1H2/q+3;-2;;/p-1. The van der Waals surface area contributed by atoms with E-state index in [1.165, 1.54) is 0 Å². The third kappa shape index (κ3) is 3100. The Balaban J connectivity index is -0.0000000383. The first-order valence-corrected chi connectivity index (χ1v) is 3.41. The van der Waals surface area contributed by atoms with Crippen LogP contribution >= 0.6 is 0 Å².